The van der Waals surface area contributed by atoms with Crippen LogP contribution in [0.3, 0.4) is 0 Å². The van der Waals surface area contributed by atoms with Crippen LogP contribution >= 0.6 is 0 Å². The predicted molar refractivity (Wildman–Crippen MR) is 50.1 cm³/mol. The molecule has 1 aromatic heterocycles. The molecule has 0 aliphatic heterocycles. The van der Waals surface area contributed by atoms with E-state index in [0.29, 0.717) is 0 Å². The van der Waals surface area contributed by atoms with Crippen molar-refractivity contribution in [2.75, 3.05) is 0 Å². The molecule has 1 atom stereocenters. The number of nitrogens with zero attached hydrogens (tertiary/aromatic N) is 2. The summed E-state index contributed by atoms with van der Waals surface area (Å²) in [5.74, 6) is -0.0291. The normalized spacial score (nSPS) is 12.5. The molecule has 0 aliphatic carbocycles. The van der Waals surface area contributed by atoms with E-state index in [4.69, 9.17) is 0 Å². The highest BCUT2D eigenvalue weighted by Gasteiger charge is 2.08. The maximum absolute atomic E-state index is 10.8. The molecule has 72 valence electrons. The van der Waals surface area contributed by atoms with E-state index in [-0.39, 0.29) is 11.9 Å². The molecule has 0 saturated carbocycles. The quantitative estimate of drug-likeness (QED) is 0.759. The third-order valence-electron chi connectivity index (χ3n) is 1.85. The van der Waals surface area contributed by atoms with Gasteiger partial charge in [0, 0.05) is 19.7 Å². The largest absolute Gasteiger partial charge is 0.348 e. The van der Waals surface area contributed by atoms with Gasteiger partial charge in [-0.15, -0.1) is 0 Å². The molecule has 4 nitrogen and oxygen atoms in total. The van der Waals surface area contributed by atoms with E-state index in [1.807, 2.05) is 30.8 Å². The Morgan fingerprint density at radius 2 is 2.46 bits per heavy atom. The van der Waals surface area contributed by atoms with Crippen molar-refractivity contribution in [3.05, 3.63) is 18.0 Å². The third-order valence-corrected chi connectivity index (χ3v) is 1.85. The first-order chi connectivity index (χ1) is 6.13. The van der Waals surface area contributed by atoms with E-state index >= 15 is 0 Å². The maximum atomic E-state index is 10.8. The molecule has 0 spiro atoms. The SMILES string of the molecule is CCn1ccc(C(C)NC(C)=O)n1. The van der Waals surface area contributed by atoms with Gasteiger partial charge in [0.2, 0.25) is 5.91 Å². The summed E-state index contributed by atoms with van der Waals surface area (Å²) in [7, 11) is 0. The first-order valence-electron chi connectivity index (χ1n) is 4.44. The Labute approximate surface area is 77.9 Å². The monoisotopic (exact) mass is 181 g/mol. The molecule has 1 heterocycles. The van der Waals surface area contributed by atoms with Crippen molar-refractivity contribution in [2.45, 2.75) is 33.4 Å². The van der Waals surface area contributed by atoms with Gasteiger partial charge >= 0.3 is 0 Å². The fraction of sp³-hybridized carbons (Fsp3) is 0.556. The van der Waals surface area contributed by atoms with Crippen molar-refractivity contribution in [2.24, 2.45) is 0 Å². The fourth-order valence-electron chi connectivity index (χ4n) is 1.16. The Morgan fingerprint density at radius 3 is 2.92 bits per heavy atom. The van der Waals surface area contributed by atoms with Gasteiger partial charge in [-0.1, -0.05) is 0 Å². The van der Waals surface area contributed by atoms with Crippen LogP contribution in [-0.2, 0) is 11.3 Å². The van der Waals surface area contributed by atoms with E-state index < -0.39 is 0 Å². The van der Waals surface area contributed by atoms with Gasteiger partial charge in [0.15, 0.2) is 0 Å². The first kappa shape index (κ1) is 9.77. The minimum absolute atomic E-state index is 0.00898. The highest BCUT2D eigenvalue weighted by molar-refractivity contribution is 5.73. The zero-order valence-corrected chi connectivity index (χ0v) is 8.24. The van der Waals surface area contributed by atoms with E-state index in [2.05, 4.69) is 10.4 Å². The second kappa shape index (κ2) is 4.07. The molecule has 0 saturated heterocycles. The topological polar surface area (TPSA) is 46.9 Å². The second-order valence-electron chi connectivity index (χ2n) is 3.02. The molecular weight excluding hydrogens is 166 g/mol. The van der Waals surface area contributed by atoms with Crippen LogP contribution in [0.2, 0.25) is 0 Å². The zero-order chi connectivity index (χ0) is 9.84. The summed E-state index contributed by atoms with van der Waals surface area (Å²) in [6.07, 6.45) is 1.91. The fourth-order valence-corrected chi connectivity index (χ4v) is 1.16. The van der Waals surface area contributed by atoms with Crippen LogP contribution in [0.15, 0.2) is 12.3 Å². The molecule has 0 aromatic carbocycles. The van der Waals surface area contributed by atoms with Crippen molar-refractivity contribution in [1.82, 2.24) is 15.1 Å². The van der Waals surface area contributed by atoms with Crippen LogP contribution in [0.25, 0.3) is 0 Å². The molecule has 0 radical (unpaired) electrons. The lowest BCUT2D eigenvalue weighted by molar-refractivity contribution is -0.119. The van der Waals surface area contributed by atoms with Crippen molar-refractivity contribution < 1.29 is 4.79 Å². The average molecular weight is 181 g/mol. The molecule has 1 rings (SSSR count). The number of amides is 1. The zero-order valence-electron chi connectivity index (χ0n) is 8.24. The highest BCUT2D eigenvalue weighted by Crippen LogP contribution is 2.08. The summed E-state index contributed by atoms with van der Waals surface area (Å²) >= 11 is 0. The van der Waals surface area contributed by atoms with E-state index in [0.717, 1.165) is 12.2 Å². The second-order valence-corrected chi connectivity index (χ2v) is 3.02. The van der Waals surface area contributed by atoms with Crippen molar-refractivity contribution in [1.29, 1.82) is 0 Å². The number of aromatic nitrogens is 2. The van der Waals surface area contributed by atoms with Gasteiger partial charge in [-0.05, 0) is 19.9 Å². The predicted octanol–water partition coefficient (Wildman–Crippen LogP) is 1.10. The van der Waals surface area contributed by atoms with Crippen molar-refractivity contribution in [3.8, 4) is 0 Å². The van der Waals surface area contributed by atoms with Crippen molar-refractivity contribution in [3.63, 3.8) is 0 Å². The molecule has 0 aliphatic rings. The van der Waals surface area contributed by atoms with Crippen LogP contribution < -0.4 is 5.32 Å². The van der Waals surface area contributed by atoms with Gasteiger partial charge in [0.1, 0.15) is 0 Å². The van der Waals surface area contributed by atoms with E-state index in [1.165, 1.54) is 6.92 Å². The molecule has 1 N–H and O–H groups in total. The Hall–Kier alpha value is -1.32. The lowest BCUT2D eigenvalue weighted by Gasteiger charge is -2.08. The lowest BCUT2D eigenvalue weighted by atomic mass is 10.2. The van der Waals surface area contributed by atoms with Crippen LogP contribution in [0, 0.1) is 0 Å². The van der Waals surface area contributed by atoms with Gasteiger partial charge in [0.05, 0.1) is 11.7 Å². The summed E-state index contributed by atoms with van der Waals surface area (Å²) in [4.78, 5) is 10.8. The van der Waals surface area contributed by atoms with Crippen molar-refractivity contribution >= 4 is 5.91 Å². The number of hydrogen-bond donors (Lipinski definition) is 1. The van der Waals surface area contributed by atoms with Gasteiger partial charge in [0.25, 0.3) is 0 Å². The lowest BCUT2D eigenvalue weighted by Crippen LogP contribution is -2.24. The average Bonchev–Trinajstić information content (AvgIpc) is 2.50. The van der Waals surface area contributed by atoms with Crippen LogP contribution in [0.1, 0.15) is 32.5 Å². The Morgan fingerprint density at radius 1 is 1.77 bits per heavy atom. The number of rotatable bonds is 3. The molecule has 4 heteroatoms. The van der Waals surface area contributed by atoms with Gasteiger partial charge in [-0.3, -0.25) is 9.48 Å². The van der Waals surface area contributed by atoms with E-state index in [1.54, 1.807) is 0 Å². The molecular formula is C9H15N3O. The van der Waals surface area contributed by atoms with Crippen LogP contribution in [0.4, 0.5) is 0 Å². The van der Waals surface area contributed by atoms with Gasteiger partial charge < -0.3 is 5.32 Å². The number of carbonyl (C=O) groups is 1. The van der Waals surface area contributed by atoms with E-state index in [9.17, 15) is 4.79 Å². The number of carbonyl (C=O) groups excluding carboxylic acids is 1. The number of hydrogen-bond acceptors (Lipinski definition) is 2. The number of nitrogens with one attached hydrogen (secondary N) is 1. The Balaban J connectivity index is 2.65. The Bertz CT molecular complexity index is 293. The van der Waals surface area contributed by atoms with Crippen LogP contribution in [-0.4, -0.2) is 15.7 Å². The molecule has 0 bridgehead atoms. The summed E-state index contributed by atoms with van der Waals surface area (Å²) in [5.41, 5.74) is 0.900. The summed E-state index contributed by atoms with van der Waals surface area (Å²) in [6, 6.07) is 1.91. The molecule has 0 fully saturated rings. The minimum atomic E-state index is -0.0291. The minimum Gasteiger partial charge on any atom is -0.348 e. The molecule has 13 heavy (non-hydrogen) atoms. The first-order valence-corrected chi connectivity index (χ1v) is 4.44. The molecule has 1 aromatic rings. The summed E-state index contributed by atoms with van der Waals surface area (Å²) in [5, 5.41) is 7.07. The van der Waals surface area contributed by atoms with Gasteiger partial charge in [-0.25, -0.2) is 0 Å². The summed E-state index contributed by atoms with van der Waals surface area (Å²) in [6.45, 7) is 6.31. The number of aryl methyl sites for hydroxylation is 1. The smallest absolute Gasteiger partial charge is 0.217 e. The van der Waals surface area contributed by atoms with Gasteiger partial charge in [-0.2, -0.15) is 5.10 Å². The maximum Gasteiger partial charge on any atom is 0.217 e. The third kappa shape index (κ3) is 2.57. The molecule has 1 unspecified atom stereocenters. The summed E-state index contributed by atoms with van der Waals surface area (Å²) < 4.78 is 1.84. The Kier molecular flexibility index (Phi) is 3.06. The van der Waals surface area contributed by atoms with Crippen LogP contribution in [0.5, 0.6) is 0 Å². The standard InChI is InChI=1S/C9H15N3O/c1-4-12-6-5-9(11-12)7(2)10-8(3)13/h5-7H,4H2,1-3H3,(H,10,13). The highest BCUT2D eigenvalue weighted by atomic mass is 16.1. The molecule has 1 amide bonds.